The van der Waals surface area contributed by atoms with Crippen molar-refractivity contribution in [3.05, 3.63) is 41.0 Å². The Bertz CT molecular complexity index is 702. The van der Waals surface area contributed by atoms with Crippen LogP contribution in [0.15, 0.2) is 24.3 Å². The molecule has 1 aromatic rings. The van der Waals surface area contributed by atoms with Gasteiger partial charge in [-0.3, -0.25) is 14.4 Å². The lowest BCUT2D eigenvalue weighted by molar-refractivity contribution is -0.152. The first-order valence-electron chi connectivity index (χ1n) is 8.83. The third-order valence-corrected chi connectivity index (χ3v) is 4.34. The van der Waals surface area contributed by atoms with Gasteiger partial charge in [0.1, 0.15) is 0 Å². The zero-order valence-corrected chi connectivity index (χ0v) is 15.6. The van der Waals surface area contributed by atoms with E-state index >= 15 is 0 Å². The molecule has 2 amide bonds. The Balaban J connectivity index is 1.74. The van der Waals surface area contributed by atoms with Crippen molar-refractivity contribution in [1.29, 1.82) is 0 Å². The second-order valence-electron chi connectivity index (χ2n) is 6.69. The van der Waals surface area contributed by atoms with Crippen molar-refractivity contribution in [3.8, 4) is 0 Å². The summed E-state index contributed by atoms with van der Waals surface area (Å²) in [5.74, 6) is -1.35. The summed E-state index contributed by atoms with van der Waals surface area (Å²) in [7, 11) is 0. The minimum Gasteiger partial charge on any atom is -0.455 e. The van der Waals surface area contributed by atoms with Crippen LogP contribution in [0.4, 0.5) is 5.69 Å². The number of anilines is 1. The quantitative estimate of drug-likeness (QED) is 0.605. The Hall–Kier alpha value is -2.63. The number of rotatable bonds is 6. The fourth-order valence-corrected chi connectivity index (χ4v) is 3.05. The second kappa shape index (κ2) is 9.17. The molecule has 1 atom stereocenters. The summed E-state index contributed by atoms with van der Waals surface area (Å²) in [4.78, 5) is 35.7. The number of ether oxygens (including phenoxy) is 1. The highest BCUT2D eigenvalue weighted by Gasteiger charge is 2.21. The molecule has 0 saturated carbocycles. The molecule has 0 bridgehead atoms. The molecule has 1 aromatic carbocycles. The predicted molar refractivity (Wildman–Crippen MR) is 99.7 cm³/mol. The molecule has 0 aromatic heterocycles. The molecule has 0 unspecified atom stereocenters. The van der Waals surface area contributed by atoms with Crippen LogP contribution in [0.2, 0.25) is 0 Å². The van der Waals surface area contributed by atoms with E-state index in [2.05, 4.69) is 10.6 Å². The average molecular weight is 358 g/mol. The maximum absolute atomic E-state index is 12.1. The van der Waals surface area contributed by atoms with Gasteiger partial charge in [-0.2, -0.15) is 0 Å². The molecular weight excluding hydrogens is 332 g/mol. The van der Waals surface area contributed by atoms with Crippen molar-refractivity contribution in [3.63, 3.8) is 0 Å². The number of carbonyl (C=O) groups excluding carboxylic acids is 3. The van der Waals surface area contributed by atoms with Crippen LogP contribution in [0.25, 0.3) is 0 Å². The summed E-state index contributed by atoms with van der Waals surface area (Å²) in [6.45, 7) is 5.31. The fourth-order valence-electron chi connectivity index (χ4n) is 3.05. The maximum Gasteiger partial charge on any atom is 0.309 e. The van der Waals surface area contributed by atoms with Gasteiger partial charge in [0.25, 0.3) is 5.91 Å². The summed E-state index contributed by atoms with van der Waals surface area (Å²) in [5.41, 5.74) is 3.82. The Morgan fingerprint density at radius 3 is 2.38 bits per heavy atom. The molecule has 0 spiro atoms. The molecule has 2 rings (SSSR count). The van der Waals surface area contributed by atoms with Crippen molar-refractivity contribution < 1.29 is 19.1 Å². The number of esters is 1. The molecule has 0 fully saturated rings. The molecule has 140 valence electrons. The Kier molecular flexibility index (Phi) is 6.95. The number of carbonyl (C=O) groups is 3. The van der Waals surface area contributed by atoms with Gasteiger partial charge >= 0.3 is 5.97 Å². The van der Waals surface area contributed by atoms with Crippen LogP contribution < -0.4 is 10.6 Å². The van der Waals surface area contributed by atoms with Crippen molar-refractivity contribution in [2.75, 3.05) is 18.5 Å². The third-order valence-electron chi connectivity index (χ3n) is 4.34. The van der Waals surface area contributed by atoms with Crippen LogP contribution >= 0.6 is 0 Å². The number of hydrogen-bond donors (Lipinski definition) is 2. The van der Waals surface area contributed by atoms with Crippen LogP contribution in [-0.2, 0) is 19.1 Å². The van der Waals surface area contributed by atoms with E-state index < -0.39 is 5.91 Å². The summed E-state index contributed by atoms with van der Waals surface area (Å²) in [6.07, 6.45) is 6.23. The van der Waals surface area contributed by atoms with E-state index in [0.717, 1.165) is 35.2 Å². The zero-order valence-electron chi connectivity index (χ0n) is 15.6. The minimum absolute atomic E-state index is 0.171. The topological polar surface area (TPSA) is 84.5 Å². The first kappa shape index (κ1) is 19.7. The number of nitrogens with one attached hydrogen (secondary N) is 2. The Labute approximate surface area is 154 Å². The fraction of sp³-hybridized carbons (Fsp3) is 0.450. The monoisotopic (exact) mass is 358 g/mol. The molecule has 1 aliphatic carbocycles. The summed E-state index contributed by atoms with van der Waals surface area (Å²) in [5, 5.41) is 5.28. The van der Waals surface area contributed by atoms with Gasteiger partial charge < -0.3 is 15.4 Å². The van der Waals surface area contributed by atoms with E-state index in [1.54, 1.807) is 0 Å². The van der Waals surface area contributed by atoms with Gasteiger partial charge in [0.2, 0.25) is 5.91 Å². The lowest BCUT2D eigenvalue weighted by Gasteiger charge is -2.16. The van der Waals surface area contributed by atoms with Gasteiger partial charge in [-0.15, -0.1) is 0 Å². The number of aryl methyl sites for hydroxylation is 3. The molecule has 26 heavy (non-hydrogen) atoms. The van der Waals surface area contributed by atoms with Crippen LogP contribution in [-0.4, -0.2) is 30.9 Å². The standard InChI is InChI=1S/C20H26N2O4/c1-13-9-14(2)19(15(3)10-13)22-17(23)11-21-18(24)12-26-20(25)16-7-5-4-6-8-16/h4-5,9-10,16H,6-8,11-12H2,1-3H3,(H,21,24)(H,22,23)/t16-/m0/s1. The lowest BCUT2D eigenvalue weighted by atomic mass is 9.95. The Morgan fingerprint density at radius 2 is 1.77 bits per heavy atom. The minimum atomic E-state index is -0.489. The highest BCUT2D eigenvalue weighted by Crippen LogP contribution is 2.21. The first-order chi connectivity index (χ1) is 12.4. The van der Waals surface area contributed by atoms with Gasteiger partial charge in [0.05, 0.1) is 12.5 Å². The van der Waals surface area contributed by atoms with Crippen molar-refractivity contribution in [1.82, 2.24) is 5.32 Å². The van der Waals surface area contributed by atoms with Gasteiger partial charge in [-0.25, -0.2) is 0 Å². The molecule has 0 radical (unpaired) electrons. The third kappa shape index (κ3) is 5.72. The van der Waals surface area contributed by atoms with Gasteiger partial charge in [-0.05, 0) is 51.2 Å². The summed E-state index contributed by atoms with van der Waals surface area (Å²) < 4.78 is 5.03. The molecular formula is C20H26N2O4. The summed E-state index contributed by atoms with van der Waals surface area (Å²) in [6, 6.07) is 3.97. The normalized spacial score (nSPS) is 16.0. The molecule has 0 heterocycles. The van der Waals surface area contributed by atoms with Crippen molar-refractivity contribution in [2.24, 2.45) is 5.92 Å². The molecule has 6 nitrogen and oxygen atoms in total. The number of amides is 2. The van der Waals surface area contributed by atoms with Crippen LogP contribution in [0, 0.1) is 26.7 Å². The number of allylic oxidation sites excluding steroid dienone is 2. The number of benzene rings is 1. The van der Waals surface area contributed by atoms with E-state index in [9.17, 15) is 14.4 Å². The molecule has 2 N–H and O–H groups in total. The summed E-state index contributed by atoms with van der Waals surface area (Å²) >= 11 is 0. The van der Waals surface area contributed by atoms with Crippen LogP contribution in [0.1, 0.15) is 36.0 Å². The average Bonchev–Trinajstić information content (AvgIpc) is 2.61. The van der Waals surface area contributed by atoms with E-state index in [1.807, 2.05) is 45.1 Å². The maximum atomic E-state index is 12.1. The van der Waals surface area contributed by atoms with Gasteiger partial charge in [-0.1, -0.05) is 29.8 Å². The van der Waals surface area contributed by atoms with Gasteiger partial charge in [0, 0.05) is 5.69 Å². The Morgan fingerprint density at radius 1 is 1.08 bits per heavy atom. The first-order valence-corrected chi connectivity index (χ1v) is 8.83. The highest BCUT2D eigenvalue weighted by atomic mass is 16.5. The second-order valence-corrected chi connectivity index (χ2v) is 6.69. The SMILES string of the molecule is Cc1cc(C)c(NC(=O)CNC(=O)COC(=O)[C@H]2CC=CCC2)c(C)c1. The molecule has 6 heteroatoms. The van der Waals surface area contributed by atoms with Crippen LogP contribution in [0.3, 0.4) is 0 Å². The largest absolute Gasteiger partial charge is 0.455 e. The van der Waals surface area contributed by atoms with Crippen molar-refractivity contribution in [2.45, 2.75) is 40.0 Å². The molecule has 0 aliphatic heterocycles. The molecule has 1 aliphatic rings. The van der Waals surface area contributed by atoms with Gasteiger partial charge in [0.15, 0.2) is 6.61 Å². The smallest absolute Gasteiger partial charge is 0.309 e. The number of hydrogen-bond acceptors (Lipinski definition) is 4. The molecule has 0 saturated heterocycles. The van der Waals surface area contributed by atoms with Crippen molar-refractivity contribution >= 4 is 23.5 Å². The van der Waals surface area contributed by atoms with E-state index in [1.165, 1.54) is 0 Å². The van der Waals surface area contributed by atoms with E-state index in [0.29, 0.717) is 6.42 Å². The lowest BCUT2D eigenvalue weighted by Crippen LogP contribution is -2.36. The highest BCUT2D eigenvalue weighted by molar-refractivity contribution is 5.96. The van der Waals surface area contributed by atoms with E-state index in [4.69, 9.17) is 4.74 Å². The zero-order chi connectivity index (χ0) is 19.1. The van der Waals surface area contributed by atoms with Crippen LogP contribution in [0.5, 0.6) is 0 Å². The van der Waals surface area contributed by atoms with E-state index in [-0.39, 0.29) is 30.9 Å². The predicted octanol–water partition coefficient (Wildman–Crippen LogP) is 2.57.